The van der Waals surface area contributed by atoms with Gasteiger partial charge in [-0.2, -0.15) is 0 Å². The fraction of sp³-hybridized carbons (Fsp3) is 0.400. The quantitative estimate of drug-likeness (QED) is 0.660. The van der Waals surface area contributed by atoms with E-state index in [4.69, 9.17) is 10.5 Å². The maximum absolute atomic E-state index is 6.00. The third-order valence-electron chi connectivity index (χ3n) is 3.83. The highest BCUT2D eigenvalue weighted by Crippen LogP contribution is 2.16. The van der Waals surface area contributed by atoms with Gasteiger partial charge in [-0.15, -0.1) is 0 Å². The number of aryl methyl sites for hydroxylation is 1. The van der Waals surface area contributed by atoms with Crippen LogP contribution < -0.4 is 15.8 Å². The zero-order valence-electron chi connectivity index (χ0n) is 14.0. The number of nitrogens with one attached hydrogen (secondary N) is 1. The van der Waals surface area contributed by atoms with Crippen LogP contribution in [0.5, 0.6) is 5.75 Å². The summed E-state index contributed by atoms with van der Waals surface area (Å²) in [6.45, 7) is 4.71. The third kappa shape index (κ3) is 6.85. The van der Waals surface area contributed by atoms with E-state index in [-0.39, 0.29) is 6.10 Å². The lowest BCUT2D eigenvalue weighted by atomic mass is 10.1. The van der Waals surface area contributed by atoms with Crippen molar-refractivity contribution in [3.05, 3.63) is 65.7 Å². The van der Waals surface area contributed by atoms with E-state index in [0.29, 0.717) is 0 Å². The standard InChI is InChI=1S/C20H28N2O/c1-17(8-9-18-6-3-2-4-7-18)23-20-12-10-19(11-13-20)16-22-15-5-14-21/h2-4,6-7,10-13,17,22H,5,8-9,14-16,21H2,1H3. The molecule has 0 amide bonds. The molecule has 0 saturated carbocycles. The molecule has 2 aromatic rings. The highest BCUT2D eigenvalue weighted by atomic mass is 16.5. The van der Waals surface area contributed by atoms with E-state index in [1.54, 1.807) is 0 Å². The first kappa shape index (κ1) is 17.5. The van der Waals surface area contributed by atoms with Crippen LogP contribution in [0.4, 0.5) is 0 Å². The molecule has 0 saturated heterocycles. The van der Waals surface area contributed by atoms with E-state index in [1.165, 1.54) is 11.1 Å². The highest BCUT2D eigenvalue weighted by Gasteiger charge is 2.05. The second-order valence-corrected chi connectivity index (χ2v) is 5.92. The average molecular weight is 312 g/mol. The fourth-order valence-electron chi connectivity index (χ4n) is 2.45. The first-order valence-corrected chi connectivity index (χ1v) is 8.48. The lowest BCUT2D eigenvalue weighted by Gasteiger charge is -2.15. The number of hydrogen-bond acceptors (Lipinski definition) is 3. The van der Waals surface area contributed by atoms with Gasteiger partial charge in [-0.25, -0.2) is 0 Å². The van der Waals surface area contributed by atoms with E-state index < -0.39 is 0 Å². The van der Waals surface area contributed by atoms with Gasteiger partial charge in [0.1, 0.15) is 5.75 Å². The molecule has 0 aromatic heterocycles. The molecule has 3 nitrogen and oxygen atoms in total. The van der Waals surface area contributed by atoms with Crippen LogP contribution in [0, 0.1) is 0 Å². The van der Waals surface area contributed by atoms with Crippen molar-refractivity contribution in [3.8, 4) is 5.75 Å². The Morgan fingerprint density at radius 2 is 1.74 bits per heavy atom. The van der Waals surface area contributed by atoms with Gasteiger partial charge in [-0.1, -0.05) is 42.5 Å². The molecule has 3 heteroatoms. The van der Waals surface area contributed by atoms with E-state index in [9.17, 15) is 0 Å². The average Bonchev–Trinajstić information content (AvgIpc) is 2.59. The zero-order chi connectivity index (χ0) is 16.3. The van der Waals surface area contributed by atoms with Crippen molar-refractivity contribution in [2.45, 2.75) is 38.8 Å². The molecule has 0 fully saturated rings. The van der Waals surface area contributed by atoms with Crippen LogP contribution in [0.2, 0.25) is 0 Å². The number of hydrogen-bond donors (Lipinski definition) is 2. The fourth-order valence-corrected chi connectivity index (χ4v) is 2.45. The van der Waals surface area contributed by atoms with Crippen LogP contribution >= 0.6 is 0 Å². The molecule has 3 N–H and O–H groups in total. The van der Waals surface area contributed by atoms with Crippen molar-refractivity contribution in [3.63, 3.8) is 0 Å². The second kappa shape index (κ2) is 10.0. The number of nitrogens with two attached hydrogens (primary N) is 1. The summed E-state index contributed by atoms with van der Waals surface area (Å²) in [6, 6.07) is 18.9. The number of benzene rings is 2. The molecule has 124 valence electrons. The molecule has 2 aromatic carbocycles. The predicted octanol–water partition coefficient (Wildman–Crippen LogP) is 3.53. The van der Waals surface area contributed by atoms with Crippen molar-refractivity contribution in [1.82, 2.24) is 5.32 Å². The summed E-state index contributed by atoms with van der Waals surface area (Å²) in [7, 11) is 0. The number of rotatable bonds is 10. The molecule has 2 rings (SSSR count). The Morgan fingerprint density at radius 1 is 1.00 bits per heavy atom. The Bertz CT molecular complexity index is 539. The monoisotopic (exact) mass is 312 g/mol. The molecule has 0 heterocycles. The molecule has 0 bridgehead atoms. The maximum atomic E-state index is 6.00. The molecule has 0 radical (unpaired) electrons. The molecule has 0 aliphatic heterocycles. The first-order chi connectivity index (χ1) is 11.3. The molecule has 23 heavy (non-hydrogen) atoms. The minimum Gasteiger partial charge on any atom is -0.491 e. The maximum Gasteiger partial charge on any atom is 0.119 e. The van der Waals surface area contributed by atoms with Crippen LogP contribution in [0.15, 0.2) is 54.6 Å². The summed E-state index contributed by atoms with van der Waals surface area (Å²) in [5.74, 6) is 0.941. The topological polar surface area (TPSA) is 47.3 Å². The molecule has 0 aliphatic carbocycles. The van der Waals surface area contributed by atoms with Crippen LogP contribution in [0.1, 0.15) is 30.9 Å². The van der Waals surface area contributed by atoms with Crippen molar-refractivity contribution in [2.24, 2.45) is 5.73 Å². The normalized spacial score (nSPS) is 12.1. The Balaban J connectivity index is 1.72. The minimum absolute atomic E-state index is 0.212. The van der Waals surface area contributed by atoms with Gasteiger partial charge in [-0.3, -0.25) is 0 Å². The minimum atomic E-state index is 0.212. The van der Waals surface area contributed by atoms with Gasteiger partial charge in [0, 0.05) is 6.54 Å². The molecular formula is C20H28N2O. The van der Waals surface area contributed by atoms with Crippen molar-refractivity contribution in [1.29, 1.82) is 0 Å². The van der Waals surface area contributed by atoms with E-state index in [1.807, 2.05) is 0 Å². The molecule has 1 atom stereocenters. The number of ether oxygens (including phenoxy) is 1. The van der Waals surface area contributed by atoms with Gasteiger partial charge in [0.05, 0.1) is 6.10 Å². The second-order valence-electron chi connectivity index (χ2n) is 5.92. The van der Waals surface area contributed by atoms with Crippen LogP contribution in [0.3, 0.4) is 0 Å². The summed E-state index contributed by atoms with van der Waals surface area (Å²) in [6.07, 6.45) is 3.29. The summed E-state index contributed by atoms with van der Waals surface area (Å²) in [5.41, 5.74) is 8.11. The van der Waals surface area contributed by atoms with E-state index in [0.717, 1.165) is 44.6 Å². The molecule has 0 aliphatic rings. The SMILES string of the molecule is CC(CCc1ccccc1)Oc1ccc(CNCCCN)cc1. The van der Waals surface area contributed by atoms with Crippen molar-refractivity contribution in [2.75, 3.05) is 13.1 Å². The van der Waals surface area contributed by atoms with Crippen LogP contribution in [-0.4, -0.2) is 19.2 Å². The smallest absolute Gasteiger partial charge is 0.119 e. The van der Waals surface area contributed by atoms with E-state index >= 15 is 0 Å². The van der Waals surface area contributed by atoms with Crippen molar-refractivity contribution >= 4 is 0 Å². The van der Waals surface area contributed by atoms with Gasteiger partial charge in [-0.05, 0) is 62.5 Å². The van der Waals surface area contributed by atoms with Crippen LogP contribution in [0.25, 0.3) is 0 Å². The van der Waals surface area contributed by atoms with Gasteiger partial charge in [0.2, 0.25) is 0 Å². The van der Waals surface area contributed by atoms with E-state index in [2.05, 4.69) is 66.8 Å². The summed E-state index contributed by atoms with van der Waals surface area (Å²) < 4.78 is 6.00. The largest absolute Gasteiger partial charge is 0.491 e. The van der Waals surface area contributed by atoms with Gasteiger partial charge >= 0.3 is 0 Å². The third-order valence-corrected chi connectivity index (χ3v) is 3.83. The zero-order valence-corrected chi connectivity index (χ0v) is 14.0. The summed E-state index contributed by atoms with van der Waals surface area (Å²) in [5, 5.41) is 3.38. The molecular weight excluding hydrogens is 284 g/mol. The summed E-state index contributed by atoms with van der Waals surface area (Å²) in [4.78, 5) is 0. The first-order valence-electron chi connectivity index (χ1n) is 8.48. The Morgan fingerprint density at radius 3 is 2.43 bits per heavy atom. The highest BCUT2D eigenvalue weighted by molar-refractivity contribution is 5.27. The summed E-state index contributed by atoms with van der Waals surface area (Å²) >= 11 is 0. The Hall–Kier alpha value is -1.84. The van der Waals surface area contributed by atoms with Gasteiger partial charge in [0.15, 0.2) is 0 Å². The lowest BCUT2D eigenvalue weighted by Crippen LogP contribution is -2.17. The van der Waals surface area contributed by atoms with Crippen molar-refractivity contribution < 1.29 is 4.74 Å². The Labute approximate surface area is 139 Å². The lowest BCUT2D eigenvalue weighted by molar-refractivity contribution is 0.211. The van der Waals surface area contributed by atoms with Crippen LogP contribution in [-0.2, 0) is 13.0 Å². The van der Waals surface area contributed by atoms with Gasteiger partial charge < -0.3 is 15.8 Å². The van der Waals surface area contributed by atoms with Gasteiger partial charge in [0.25, 0.3) is 0 Å². The predicted molar refractivity (Wildman–Crippen MR) is 96.7 cm³/mol. The molecule has 0 spiro atoms. The Kier molecular flexibility index (Phi) is 7.64. The molecule has 1 unspecified atom stereocenters.